The Morgan fingerprint density at radius 1 is 1.05 bits per heavy atom. The van der Waals surface area contributed by atoms with Crippen molar-refractivity contribution < 1.29 is 19.1 Å². The van der Waals surface area contributed by atoms with Gasteiger partial charge in [-0.3, -0.25) is 9.59 Å². The average molecular weight is 271 g/mol. The van der Waals surface area contributed by atoms with Gasteiger partial charge in [0.05, 0.1) is 7.11 Å². The number of amides is 1. The number of nitrogens with zero attached hydrogens (tertiary/aromatic N) is 1. The number of unbranched alkanes of at least 4 members (excludes halogenated alkanes) is 4. The molecule has 19 heavy (non-hydrogen) atoms. The van der Waals surface area contributed by atoms with Crippen molar-refractivity contribution in [2.24, 2.45) is 0 Å². The summed E-state index contributed by atoms with van der Waals surface area (Å²) in [6.07, 6.45) is 6.59. The number of hydrogen-bond donors (Lipinski definition) is 0. The van der Waals surface area contributed by atoms with E-state index >= 15 is 0 Å². The van der Waals surface area contributed by atoms with Crippen molar-refractivity contribution in [3.63, 3.8) is 0 Å². The van der Waals surface area contributed by atoms with Crippen LogP contribution in [0.3, 0.4) is 0 Å². The van der Waals surface area contributed by atoms with Gasteiger partial charge in [-0.15, -0.1) is 0 Å². The first kappa shape index (κ1) is 17.6. The Labute approximate surface area is 115 Å². The summed E-state index contributed by atoms with van der Waals surface area (Å²) in [7, 11) is 3.19. The third kappa shape index (κ3) is 10.2. The zero-order chi connectivity index (χ0) is 14.5. The van der Waals surface area contributed by atoms with Crippen LogP contribution in [-0.2, 0) is 19.1 Å². The van der Waals surface area contributed by atoms with Crippen LogP contribution in [0.1, 0.15) is 51.4 Å². The Balaban J connectivity index is 3.46. The second-order valence-electron chi connectivity index (χ2n) is 4.61. The van der Waals surface area contributed by atoms with Gasteiger partial charge in [-0.2, -0.15) is 0 Å². The molecule has 0 saturated carbocycles. The lowest BCUT2D eigenvalue weighted by molar-refractivity contribution is -0.140. The number of methoxy groups -OCH3 is 1. The highest BCUT2D eigenvalue weighted by atomic mass is 16.5. The monoisotopic (exact) mass is 271 g/mol. The average Bonchev–Trinajstić information content (AvgIpc) is 2.42. The molecule has 0 bridgehead atoms. The molecule has 5 heteroatoms. The van der Waals surface area contributed by atoms with E-state index < -0.39 is 0 Å². The summed E-state index contributed by atoms with van der Waals surface area (Å²) in [5.74, 6) is -0.0705. The second-order valence-corrected chi connectivity index (χ2v) is 4.61. The number of hydrogen-bond acceptors (Lipinski definition) is 4. The Kier molecular flexibility index (Phi) is 10.8. The number of rotatable bonds is 11. The van der Waals surface area contributed by atoms with Gasteiger partial charge in [0.25, 0.3) is 0 Å². The molecule has 0 radical (unpaired) electrons. The molecule has 0 aromatic carbocycles. The Morgan fingerprint density at radius 2 is 1.74 bits per heavy atom. The van der Waals surface area contributed by atoms with E-state index in [4.69, 9.17) is 0 Å². The highest BCUT2D eigenvalue weighted by Gasteiger charge is 2.07. The summed E-state index contributed by atoms with van der Waals surface area (Å²) in [6.45, 7) is 0.734. The van der Waals surface area contributed by atoms with E-state index in [1.165, 1.54) is 7.11 Å². The highest BCUT2D eigenvalue weighted by molar-refractivity contribution is 5.76. The SMILES string of the molecule is COC(=O)CCCCCCN(C)C(=O)CCCC=O. The quantitative estimate of drug-likeness (QED) is 0.327. The van der Waals surface area contributed by atoms with E-state index in [-0.39, 0.29) is 11.9 Å². The number of esters is 1. The molecule has 0 aromatic rings. The molecule has 1 amide bonds. The summed E-state index contributed by atoms with van der Waals surface area (Å²) in [5.41, 5.74) is 0. The van der Waals surface area contributed by atoms with Gasteiger partial charge in [0.2, 0.25) is 5.91 Å². The van der Waals surface area contributed by atoms with Crippen molar-refractivity contribution in [1.82, 2.24) is 4.90 Å². The van der Waals surface area contributed by atoms with Crippen LogP contribution in [0.25, 0.3) is 0 Å². The fraction of sp³-hybridized carbons (Fsp3) is 0.786. The first-order chi connectivity index (χ1) is 9.11. The molecule has 0 unspecified atom stereocenters. The van der Waals surface area contributed by atoms with Gasteiger partial charge >= 0.3 is 5.97 Å². The van der Waals surface area contributed by atoms with Gasteiger partial charge in [-0.25, -0.2) is 0 Å². The molecule has 0 aliphatic carbocycles. The number of ether oxygens (including phenoxy) is 1. The van der Waals surface area contributed by atoms with Crippen molar-refractivity contribution in [2.75, 3.05) is 20.7 Å². The molecule has 0 spiro atoms. The minimum atomic E-state index is -0.164. The maximum absolute atomic E-state index is 11.6. The molecular weight excluding hydrogens is 246 g/mol. The van der Waals surface area contributed by atoms with Crippen LogP contribution in [0.2, 0.25) is 0 Å². The summed E-state index contributed by atoms with van der Waals surface area (Å²) in [5, 5.41) is 0. The number of carbonyl (C=O) groups is 3. The van der Waals surface area contributed by atoms with Crippen LogP contribution in [-0.4, -0.2) is 43.8 Å². The second kappa shape index (κ2) is 11.7. The van der Waals surface area contributed by atoms with E-state index in [1.807, 2.05) is 0 Å². The molecule has 0 fully saturated rings. The van der Waals surface area contributed by atoms with Gasteiger partial charge < -0.3 is 14.4 Å². The molecule has 0 atom stereocenters. The lowest BCUT2D eigenvalue weighted by atomic mass is 10.1. The van der Waals surface area contributed by atoms with E-state index in [1.54, 1.807) is 11.9 Å². The summed E-state index contributed by atoms with van der Waals surface area (Å²) >= 11 is 0. The van der Waals surface area contributed by atoms with Crippen LogP contribution in [0.4, 0.5) is 0 Å². The molecule has 0 aliphatic heterocycles. The topological polar surface area (TPSA) is 63.7 Å². The predicted octanol–water partition coefficient (Wildman–Crippen LogP) is 1.94. The Morgan fingerprint density at radius 3 is 2.37 bits per heavy atom. The van der Waals surface area contributed by atoms with Gasteiger partial charge in [-0.1, -0.05) is 12.8 Å². The van der Waals surface area contributed by atoms with Crippen molar-refractivity contribution >= 4 is 18.2 Å². The molecule has 0 rings (SSSR count). The molecule has 0 aromatic heterocycles. The van der Waals surface area contributed by atoms with E-state index in [0.717, 1.165) is 38.5 Å². The molecule has 0 heterocycles. The number of carbonyl (C=O) groups excluding carboxylic acids is 3. The van der Waals surface area contributed by atoms with Crippen LogP contribution >= 0.6 is 0 Å². The Bertz CT molecular complexity index is 279. The third-order valence-corrected chi connectivity index (χ3v) is 2.99. The maximum Gasteiger partial charge on any atom is 0.305 e. The van der Waals surface area contributed by atoms with Crippen molar-refractivity contribution in [1.29, 1.82) is 0 Å². The minimum absolute atomic E-state index is 0.0939. The van der Waals surface area contributed by atoms with Crippen LogP contribution in [0.5, 0.6) is 0 Å². The molecule has 0 aliphatic rings. The van der Waals surface area contributed by atoms with Crippen LogP contribution in [0, 0.1) is 0 Å². The lowest BCUT2D eigenvalue weighted by Crippen LogP contribution is -2.27. The van der Waals surface area contributed by atoms with Crippen LogP contribution < -0.4 is 0 Å². The molecule has 5 nitrogen and oxygen atoms in total. The molecule has 0 N–H and O–H groups in total. The van der Waals surface area contributed by atoms with Gasteiger partial charge in [0.1, 0.15) is 6.29 Å². The highest BCUT2D eigenvalue weighted by Crippen LogP contribution is 2.06. The first-order valence-corrected chi connectivity index (χ1v) is 6.86. The minimum Gasteiger partial charge on any atom is -0.469 e. The van der Waals surface area contributed by atoms with E-state index in [9.17, 15) is 14.4 Å². The van der Waals surface area contributed by atoms with E-state index in [2.05, 4.69) is 4.74 Å². The van der Waals surface area contributed by atoms with Gasteiger partial charge in [0.15, 0.2) is 0 Å². The standard InChI is InChI=1S/C14H25NO4/c1-15(13(17)9-6-8-12-16)11-7-4-3-5-10-14(18)19-2/h12H,3-11H2,1-2H3. The molecule has 110 valence electrons. The zero-order valence-corrected chi connectivity index (χ0v) is 12.0. The maximum atomic E-state index is 11.6. The van der Waals surface area contributed by atoms with Gasteiger partial charge in [-0.05, 0) is 19.3 Å². The van der Waals surface area contributed by atoms with Gasteiger partial charge in [0, 0.05) is 32.9 Å². The zero-order valence-electron chi connectivity index (χ0n) is 12.0. The normalized spacial score (nSPS) is 10.0. The van der Waals surface area contributed by atoms with Crippen molar-refractivity contribution in [3.05, 3.63) is 0 Å². The smallest absolute Gasteiger partial charge is 0.305 e. The fourth-order valence-electron chi connectivity index (χ4n) is 1.73. The largest absolute Gasteiger partial charge is 0.469 e. The van der Waals surface area contributed by atoms with Crippen molar-refractivity contribution in [3.8, 4) is 0 Å². The summed E-state index contributed by atoms with van der Waals surface area (Å²) < 4.78 is 4.56. The predicted molar refractivity (Wildman–Crippen MR) is 72.7 cm³/mol. The Hall–Kier alpha value is -1.39. The molecular formula is C14H25NO4. The first-order valence-electron chi connectivity index (χ1n) is 6.86. The number of aldehydes is 1. The third-order valence-electron chi connectivity index (χ3n) is 2.99. The van der Waals surface area contributed by atoms with Crippen molar-refractivity contribution in [2.45, 2.75) is 51.4 Å². The summed E-state index contributed by atoms with van der Waals surface area (Å²) in [6, 6.07) is 0. The summed E-state index contributed by atoms with van der Waals surface area (Å²) in [4.78, 5) is 34.3. The van der Waals surface area contributed by atoms with Crippen LogP contribution in [0.15, 0.2) is 0 Å². The lowest BCUT2D eigenvalue weighted by Gasteiger charge is -2.16. The molecule has 0 saturated heterocycles. The van der Waals surface area contributed by atoms with E-state index in [0.29, 0.717) is 25.7 Å². The fourth-order valence-corrected chi connectivity index (χ4v) is 1.73.